The normalized spacial score (nSPS) is 16.6. The van der Waals surface area contributed by atoms with Gasteiger partial charge < -0.3 is 14.2 Å². The molecule has 4 heterocycles. The third kappa shape index (κ3) is 6.01. The molecule has 1 aliphatic rings. The number of hydrogen-bond acceptors (Lipinski definition) is 7. The van der Waals surface area contributed by atoms with Crippen molar-refractivity contribution in [3.05, 3.63) is 42.5 Å². The molecule has 4 rings (SSSR count). The highest BCUT2D eigenvalue weighted by Gasteiger charge is 2.38. The van der Waals surface area contributed by atoms with Crippen LogP contribution >= 0.6 is 0 Å². The Kier molecular flexibility index (Phi) is 6.54. The number of likely N-dealkylation sites (tertiary alicyclic amines) is 1. The fourth-order valence-electron chi connectivity index (χ4n) is 3.36. The topological polar surface area (TPSA) is 77.2 Å². The molecule has 0 atom stereocenters. The highest BCUT2D eigenvalue weighted by molar-refractivity contribution is 5.64. The van der Waals surface area contributed by atoms with Crippen molar-refractivity contribution < 1.29 is 31.2 Å². The zero-order chi connectivity index (χ0) is 23.5. The molecule has 12 heteroatoms. The first-order valence-corrected chi connectivity index (χ1v) is 10.3. The summed E-state index contributed by atoms with van der Waals surface area (Å²) < 4.78 is 74.3. The molecule has 3 aromatic heterocycles. The number of hydrogen-bond donors (Lipinski definition) is 0. The lowest BCUT2D eigenvalue weighted by Gasteiger charge is -2.31. The molecule has 3 aromatic rings. The summed E-state index contributed by atoms with van der Waals surface area (Å²) in [6, 6.07) is 6.35. The second-order valence-corrected chi connectivity index (χ2v) is 7.63. The maximum absolute atomic E-state index is 13.2. The van der Waals surface area contributed by atoms with Gasteiger partial charge in [-0.1, -0.05) is 5.16 Å². The fraction of sp³-hybridized carbons (Fsp3) is 0.429. The Morgan fingerprint density at radius 3 is 2.52 bits per heavy atom. The summed E-state index contributed by atoms with van der Waals surface area (Å²) in [5.74, 6) is -3.64. The molecule has 0 aliphatic carbocycles. The molecule has 7 nitrogen and oxygen atoms in total. The molecular formula is C21H20F5N5O2. The van der Waals surface area contributed by atoms with Crippen LogP contribution in [0.1, 0.15) is 25.2 Å². The van der Waals surface area contributed by atoms with Gasteiger partial charge in [0.25, 0.3) is 5.92 Å². The standard InChI is InChI=1S/C21H20F5N5O2/c22-20(23)5-9-31(10-6-20)8-1-11-32-15-2-3-16(28-13-15)17-12-14(4-7-27-17)18-29-19(33-30-18)21(24,25)26/h2-4,7,12-13H,1,5-6,8-11H2. The maximum Gasteiger partial charge on any atom is 0.471 e. The monoisotopic (exact) mass is 469 g/mol. The van der Waals surface area contributed by atoms with Gasteiger partial charge in [-0.05, 0) is 30.7 Å². The highest BCUT2D eigenvalue weighted by Crippen LogP contribution is 2.30. The fourth-order valence-corrected chi connectivity index (χ4v) is 3.36. The third-order valence-corrected chi connectivity index (χ3v) is 5.16. The maximum atomic E-state index is 13.2. The Hall–Kier alpha value is -3.15. The summed E-state index contributed by atoms with van der Waals surface area (Å²) in [4.78, 5) is 13.8. The van der Waals surface area contributed by atoms with Crippen LogP contribution < -0.4 is 4.74 Å². The van der Waals surface area contributed by atoms with E-state index in [1.165, 1.54) is 24.5 Å². The molecule has 1 aliphatic heterocycles. The van der Waals surface area contributed by atoms with E-state index >= 15 is 0 Å². The summed E-state index contributed by atoms with van der Waals surface area (Å²) in [7, 11) is 0. The number of halogens is 5. The predicted molar refractivity (Wildman–Crippen MR) is 106 cm³/mol. The number of pyridine rings is 2. The smallest absolute Gasteiger partial charge is 0.471 e. The van der Waals surface area contributed by atoms with Crippen molar-refractivity contribution in [1.82, 2.24) is 25.0 Å². The van der Waals surface area contributed by atoms with Gasteiger partial charge in [0.2, 0.25) is 5.82 Å². The van der Waals surface area contributed by atoms with E-state index in [0.29, 0.717) is 55.4 Å². The lowest BCUT2D eigenvalue weighted by atomic mass is 10.1. The largest absolute Gasteiger partial charge is 0.492 e. The second-order valence-electron chi connectivity index (χ2n) is 7.63. The third-order valence-electron chi connectivity index (χ3n) is 5.16. The molecule has 0 amide bonds. The summed E-state index contributed by atoms with van der Waals surface area (Å²) in [5, 5.41) is 3.37. The van der Waals surface area contributed by atoms with Gasteiger partial charge in [0.1, 0.15) is 5.75 Å². The van der Waals surface area contributed by atoms with Crippen molar-refractivity contribution in [2.75, 3.05) is 26.2 Å². The van der Waals surface area contributed by atoms with Crippen molar-refractivity contribution in [3.63, 3.8) is 0 Å². The first-order chi connectivity index (χ1) is 15.7. The van der Waals surface area contributed by atoms with Gasteiger partial charge in [-0.25, -0.2) is 8.78 Å². The Labute approximate surface area is 185 Å². The minimum absolute atomic E-state index is 0.106. The van der Waals surface area contributed by atoms with Crippen molar-refractivity contribution in [1.29, 1.82) is 0 Å². The molecule has 1 saturated heterocycles. The van der Waals surface area contributed by atoms with Crippen LogP contribution in [0.5, 0.6) is 5.75 Å². The zero-order valence-electron chi connectivity index (χ0n) is 17.4. The summed E-state index contributed by atoms with van der Waals surface area (Å²) >= 11 is 0. The SMILES string of the molecule is FC1(F)CCN(CCCOc2ccc(-c3cc(-c4noc(C(F)(F)F)n4)ccn3)nc2)CC1. The van der Waals surface area contributed by atoms with E-state index in [1.807, 2.05) is 4.90 Å². The van der Waals surface area contributed by atoms with E-state index in [1.54, 1.807) is 12.1 Å². The van der Waals surface area contributed by atoms with Crippen LogP contribution in [-0.2, 0) is 6.18 Å². The van der Waals surface area contributed by atoms with E-state index in [0.717, 1.165) is 0 Å². The lowest BCUT2D eigenvalue weighted by molar-refractivity contribution is -0.159. The van der Waals surface area contributed by atoms with Crippen molar-refractivity contribution in [2.24, 2.45) is 0 Å². The second kappa shape index (κ2) is 9.38. The molecule has 0 unspecified atom stereocenters. The summed E-state index contributed by atoms with van der Waals surface area (Å²) in [6.45, 7) is 1.87. The molecule has 176 valence electrons. The van der Waals surface area contributed by atoms with E-state index in [9.17, 15) is 22.0 Å². The summed E-state index contributed by atoms with van der Waals surface area (Å²) in [6.07, 6.45) is -1.31. The molecule has 0 radical (unpaired) electrons. The van der Waals surface area contributed by atoms with Crippen LogP contribution in [0, 0.1) is 0 Å². The number of rotatable bonds is 7. The van der Waals surface area contributed by atoms with Crippen molar-refractivity contribution >= 4 is 0 Å². The van der Waals surface area contributed by atoms with Gasteiger partial charge in [0.15, 0.2) is 0 Å². The molecule has 1 fully saturated rings. The van der Waals surface area contributed by atoms with Crippen LogP contribution in [-0.4, -0.2) is 57.2 Å². The van der Waals surface area contributed by atoms with Gasteiger partial charge in [0, 0.05) is 44.2 Å². The molecular weight excluding hydrogens is 449 g/mol. The van der Waals surface area contributed by atoms with Crippen LogP contribution in [0.4, 0.5) is 22.0 Å². The minimum Gasteiger partial charge on any atom is -0.492 e. The zero-order valence-corrected chi connectivity index (χ0v) is 17.4. The first kappa shape index (κ1) is 23.0. The van der Waals surface area contributed by atoms with Crippen LogP contribution in [0.25, 0.3) is 22.8 Å². The van der Waals surface area contributed by atoms with Crippen molar-refractivity contribution in [2.45, 2.75) is 31.4 Å². The van der Waals surface area contributed by atoms with E-state index in [-0.39, 0.29) is 18.7 Å². The number of piperidine rings is 1. The molecule has 0 spiro atoms. The molecule has 0 saturated carbocycles. The summed E-state index contributed by atoms with van der Waals surface area (Å²) in [5.41, 5.74) is 1.20. The number of aromatic nitrogens is 4. The first-order valence-electron chi connectivity index (χ1n) is 10.3. The minimum atomic E-state index is -4.72. The van der Waals surface area contributed by atoms with Crippen molar-refractivity contribution in [3.8, 4) is 28.5 Å². The Morgan fingerprint density at radius 1 is 1.06 bits per heavy atom. The molecule has 0 N–H and O–H groups in total. The predicted octanol–water partition coefficient (Wildman–Crippen LogP) is 4.71. The molecule has 33 heavy (non-hydrogen) atoms. The average Bonchev–Trinajstić information content (AvgIpc) is 3.29. The molecule has 0 bridgehead atoms. The Bertz CT molecular complexity index is 1060. The van der Waals surface area contributed by atoms with Crippen LogP contribution in [0.15, 0.2) is 41.2 Å². The van der Waals surface area contributed by atoms with Gasteiger partial charge >= 0.3 is 12.1 Å². The van der Waals surface area contributed by atoms with Gasteiger partial charge in [-0.15, -0.1) is 0 Å². The van der Waals surface area contributed by atoms with E-state index in [4.69, 9.17) is 4.74 Å². The van der Waals surface area contributed by atoms with Gasteiger partial charge in [0.05, 0.1) is 24.2 Å². The van der Waals surface area contributed by atoms with E-state index < -0.39 is 18.0 Å². The number of ether oxygens (including phenoxy) is 1. The number of alkyl halides is 5. The van der Waals surface area contributed by atoms with Gasteiger partial charge in [-0.3, -0.25) is 9.97 Å². The quantitative estimate of drug-likeness (QED) is 0.366. The Balaban J connectivity index is 1.31. The van der Waals surface area contributed by atoms with E-state index in [2.05, 4.69) is 24.6 Å². The van der Waals surface area contributed by atoms with Crippen LogP contribution in [0.3, 0.4) is 0 Å². The average molecular weight is 469 g/mol. The lowest BCUT2D eigenvalue weighted by Crippen LogP contribution is -2.40. The van der Waals surface area contributed by atoms with Gasteiger partial charge in [-0.2, -0.15) is 18.2 Å². The highest BCUT2D eigenvalue weighted by atomic mass is 19.4. The Morgan fingerprint density at radius 2 is 1.85 bits per heavy atom. The molecule has 0 aromatic carbocycles. The van der Waals surface area contributed by atoms with Crippen LogP contribution in [0.2, 0.25) is 0 Å². The number of nitrogens with zero attached hydrogens (tertiary/aromatic N) is 5.